The van der Waals surface area contributed by atoms with Crippen LogP contribution in [-0.2, 0) is 4.79 Å². The largest absolute Gasteiger partial charge is 0.351 e. The third-order valence-corrected chi connectivity index (χ3v) is 3.88. The lowest BCUT2D eigenvalue weighted by molar-refractivity contribution is -0.122. The van der Waals surface area contributed by atoms with E-state index in [4.69, 9.17) is 5.73 Å². The monoisotopic (exact) mass is 230 g/mol. The predicted molar refractivity (Wildman–Crippen MR) is 66.0 cm³/mol. The molecule has 3 nitrogen and oxygen atoms in total. The van der Waals surface area contributed by atoms with Gasteiger partial charge in [0.05, 0.1) is 5.25 Å². The Bertz CT molecular complexity index is 221. The predicted octanol–water partition coefficient (Wildman–Crippen LogP) is 1.33. The average Bonchev–Trinajstić information content (AvgIpc) is 2.20. The van der Waals surface area contributed by atoms with E-state index in [0.717, 1.165) is 19.3 Å². The highest BCUT2D eigenvalue weighted by molar-refractivity contribution is 7.81. The van der Waals surface area contributed by atoms with Crippen LogP contribution in [0.1, 0.15) is 39.5 Å². The number of amides is 1. The smallest absolute Gasteiger partial charge is 0.233 e. The minimum absolute atomic E-state index is 0.0238. The Kier molecular flexibility index (Phi) is 4.93. The van der Waals surface area contributed by atoms with Crippen molar-refractivity contribution in [3.05, 3.63) is 0 Å². The maximum atomic E-state index is 11.8. The van der Waals surface area contributed by atoms with Gasteiger partial charge in [0.1, 0.15) is 0 Å². The van der Waals surface area contributed by atoms with Crippen molar-refractivity contribution in [1.29, 1.82) is 0 Å². The molecule has 1 rings (SSSR count). The number of carbonyl (C=O) groups is 1. The van der Waals surface area contributed by atoms with Crippen LogP contribution in [0.25, 0.3) is 0 Å². The van der Waals surface area contributed by atoms with Crippen LogP contribution in [0.4, 0.5) is 0 Å². The maximum absolute atomic E-state index is 11.8. The van der Waals surface area contributed by atoms with Crippen molar-refractivity contribution < 1.29 is 4.79 Å². The summed E-state index contributed by atoms with van der Waals surface area (Å²) in [5, 5.41) is 2.79. The third kappa shape index (κ3) is 3.68. The Labute approximate surface area is 97.6 Å². The summed E-state index contributed by atoms with van der Waals surface area (Å²) in [6.07, 6.45) is 4.37. The molecule has 1 aliphatic rings. The second-order valence-corrected chi connectivity index (χ2v) is 5.31. The van der Waals surface area contributed by atoms with E-state index in [0.29, 0.717) is 0 Å². The van der Waals surface area contributed by atoms with Gasteiger partial charge >= 0.3 is 0 Å². The fourth-order valence-electron chi connectivity index (χ4n) is 1.91. The molecule has 0 radical (unpaired) electrons. The van der Waals surface area contributed by atoms with E-state index in [1.165, 1.54) is 6.42 Å². The highest BCUT2D eigenvalue weighted by atomic mass is 32.1. The molecule has 3 atom stereocenters. The molecule has 3 N–H and O–H groups in total. The van der Waals surface area contributed by atoms with Gasteiger partial charge in [-0.05, 0) is 18.8 Å². The van der Waals surface area contributed by atoms with Crippen molar-refractivity contribution in [2.24, 2.45) is 11.7 Å². The molecule has 4 heteroatoms. The van der Waals surface area contributed by atoms with Gasteiger partial charge in [0.2, 0.25) is 5.91 Å². The van der Waals surface area contributed by atoms with E-state index in [2.05, 4.69) is 17.9 Å². The molecule has 3 unspecified atom stereocenters. The van der Waals surface area contributed by atoms with E-state index in [-0.39, 0.29) is 29.2 Å². The van der Waals surface area contributed by atoms with Gasteiger partial charge in [-0.2, -0.15) is 12.6 Å². The zero-order valence-corrected chi connectivity index (χ0v) is 10.5. The summed E-state index contributed by atoms with van der Waals surface area (Å²) in [6, 6.07) is 0.273. The topological polar surface area (TPSA) is 55.1 Å². The number of rotatable bonds is 3. The average molecular weight is 230 g/mol. The molecule has 1 aliphatic carbocycles. The van der Waals surface area contributed by atoms with Gasteiger partial charge < -0.3 is 11.1 Å². The summed E-state index contributed by atoms with van der Waals surface area (Å²) >= 11 is 4.30. The third-order valence-electron chi connectivity index (χ3n) is 3.05. The van der Waals surface area contributed by atoms with Gasteiger partial charge in [0, 0.05) is 12.1 Å². The molecule has 1 fully saturated rings. The molecule has 88 valence electrons. The second-order valence-electron chi connectivity index (χ2n) is 4.75. The first-order chi connectivity index (χ1) is 7.02. The van der Waals surface area contributed by atoms with Crippen molar-refractivity contribution in [3.8, 4) is 0 Å². The summed E-state index contributed by atoms with van der Waals surface area (Å²) < 4.78 is 0. The molecular formula is C11H22N2OS. The molecule has 0 saturated heterocycles. The zero-order chi connectivity index (χ0) is 11.4. The van der Waals surface area contributed by atoms with Crippen molar-refractivity contribution in [3.63, 3.8) is 0 Å². The molecule has 0 heterocycles. The molecule has 0 spiro atoms. The number of hydrogen-bond acceptors (Lipinski definition) is 3. The molecule has 0 aromatic carbocycles. The Morgan fingerprint density at radius 3 is 2.53 bits per heavy atom. The van der Waals surface area contributed by atoms with Gasteiger partial charge in [-0.15, -0.1) is 0 Å². The summed E-state index contributed by atoms with van der Waals surface area (Å²) in [5.74, 6) is 0.281. The van der Waals surface area contributed by atoms with Crippen LogP contribution in [0, 0.1) is 5.92 Å². The highest BCUT2D eigenvalue weighted by Gasteiger charge is 2.26. The van der Waals surface area contributed by atoms with Crippen LogP contribution in [0.15, 0.2) is 0 Å². The number of thiol groups is 1. The summed E-state index contributed by atoms with van der Waals surface area (Å²) in [4.78, 5) is 11.8. The lowest BCUT2D eigenvalue weighted by Gasteiger charge is -2.30. The van der Waals surface area contributed by atoms with Gasteiger partial charge in [-0.25, -0.2) is 0 Å². The van der Waals surface area contributed by atoms with Crippen LogP contribution in [-0.4, -0.2) is 23.2 Å². The molecule has 0 bridgehead atoms. The number of nitrogens with one attached hydrogen (secondary N) is 1. The molecular weight excluding hydrogens is 208 g/mol. The molecule has 1 amide bonds. The molecule has 15 heavy (non-hydrogen) atoms. The van der Waals surface area contributed by atoms with E-state index in [9.17, 15) is 4.79 Å². The van der Waals surface area contributed by atoms with Crippen LogP contribution < -0.4 is 11.1 Å². The minimum atomic E-state index is -0.223. The van der Waals surface area contributed by atoms with Crippen molar-refractivity contribution in [1.82, 2.24) is 5.32 Å². The van der Waals surface area contributed by atoms with Gasteiger partial charge in [-0.1, -0.05) is 26.7 Å². The van der Waals surface area contributed by atoms with Crippen LogP contribution >= 0.6 is 12.6 Å². The van der Waals surface area contributed by atoms with Crippen molar-refractivity contribution in [2.45, 2.75) is 56.9 Å². The Hall–Kier alpha value is -0.220. The minimum Gasteiger partial charge on any atom is -0.351 e. The van der Waals surface area contributed by atoms with Crippen LogP contribution in [0.2, 0.25) is 0 Å². The van der Waals surface area contributed by atoms with Gasteiger partial charge in [-0.3, -0.25) is 4.79 Å². The lowest BCUT2D eigenvalue weighted by Crippen LogP contribution is -2.51. The maximum Gasteiger partial charge on any atom is 0.233 e. The Morgan fingerprint density at radius 1 is 1.40 bits per heavy atom. The van der Waals surface area contributed by atoms with Crippen molar-refractivity contribution >= 4 is 18.5 Å². The quantitative estimate of drug-likeness (QED) is 0.641. The van der Waals surface area contributed by atoms with Crippen LogP contribution in [0.3, 0.4) is 0 Å². The number of carbonyl (C=O) groups excluding carboxylic acids is 1. The first-order valence-corrected chi connectivity index (χ1v) is 6.28. The SMILES string of the molecule is CC(C)C(S)C(=O)NC1CCCCC1N. The van der Waals surface area contributed by atoms with E-state index < -0.39 is 0 Å². The standard InChI is InChI=1S/C11H22N2OS/c1-7(2)10(15)11(14)13-9-6-4-3-5-8(9)12/h7-10,15H,3-6,12H2,1-2H3,(H,13,14). The molecule has 0 aromatic heterocycles. The fourth-order valence-corrected chi connectivity index (χ4v) is 1.98. The number of nitrogens with two attached hydrogens (primary N) is 1. The van der Waals surface area contributed by atoms with E-state index in [1.807, 2.05) is 13.8 Å². The second kappa shape index (κ2) is 5.75. The summed E-state index contributed by atoms with van der Waals surface area (Å²) in [6.45, 7) is 4.00. The van der Waals surface area contributed by atoms with Gasteiger partial charge in [0.15, 0.2) is 0 Å². The first kappa shape index (κ1) is 12.8. The molecule has 0 aromatic rings. The Balaban J connectivity index is 2.42. The Morgan fingerprint density at radius 2 is 2.00 bits per heavy atom. The molecule has 0 aliphatic heterocycles. The summed E-state index contributed by atoms with van der Waals surface area (Å²) in [5.41, 5.74) is 5.96. The lowest BCUT2D eigenvalue weighted by atomic mass is 9.91. The van der Waals surface area contributed by atoms with Crippen LogP contribution in [0.5, 0.6) is 0 Å². The summed E-state index contributed by atoms with van der Waals surface area (Å²) in [7, 11) is 0. The highest BCUT2D eigenvalue weighted by Crippen LogP contribution is 2.18. The number of hydrogen-bond donors (Lipinski definition) is 3. The first-order valence-electron chi connectivity index (χ1n) is 5.76. The normalized spacial score (nSPS) is 28.9. The fraction of sp³-hybridized carbons (Fsp3) is 0.909. The molecule has 1 saturated carbocycles. The van der Waals surface area contributed by atoms with Gasteiger partial charge in [0.25, 0.3) is 0 Å². The van der Waals surface area contributed by atoms with E-state index in [1.54, 1.807) is 0 Å². The van der Waals surface area contributed by atoms with Crippen molar-refractivity contribution in [2.75, 3.05) is 0 Å². The zero-order valence-electron chi connectivity index (χ0n) is 9.57. The van der Waals surface area contributed by atoms with E-state index >= 15 is 0 Å².